The number of sulfone groups is 1. The molecular weight excluding hydrogens is 631 g/mol. The first kappa shape index (κ1) is 32.7. The minimum absolute atomic E-state index is 0.0969. The molecule has 244 valence electrons. The maximum atomic E-state index is 13.1. The van der Waals surface area contributed by atoms with Gasteiger partial charge in [0.1, 0.15) is 5.82 Å². The van der Waals surface area contributed by atoms with Gasteiger partial charge in [0.2, 0.25) is 5.95 Å². The molecule has 0 radical (unpaired) electrons. The van der Waals surface area contributed by atoms with Gasteiger partial charge in [-0.05, 0) is 42.0 Å². The zero-order chi connectivity index (χ0) is 32.8. The third-order valence-corrected chi connectivity index (χ3v) is 11.1. The monoisotopic (exact) mass is 669 g/mol. The summed E-state index contributed by atoms with van der Waals surface area (Å²) in [7, 11) is -1.76. The maximum absolute atomic E-state index is 13.1. The highest BCUT2D eigenvalue weighted by Gasteiger charge is 2.21. The van der Waals surface area contributed by atoms with E-state index in [1.807, 2.05) is 54.7 Å². The third kappa shape index (κ3) is 8.02. The van der Waals surface area contributed by atoms with Crippen LogP contribution in [0.5, 0.6) is 0 Å². The van der Waals surface area contributed by atoms with Gasteiger partial charge >= 0.3 is 0 Å². The van der Waals surface area contributed by atoms with Gasteiger partial charge in [-0.3, -0.25) is 4.90 Å². The normalized spacial score (nSPS) is 14.1. The predicted octanol–water partition coefficient (Wildman–Crippen LogP) is 6.27. The Kier molecular flexibility index (Phi) is 10.2. The molecule has 2 aromatic carbocycles. The number of pyridine rings is 1. The summed E-state index contributed by atoms with van der Waals surface area (Å²) in [5.41, 5.74) is 3.85. The van der Waals surface area contributed by atoms with Crippen LogP contribution in [-0.4, -0.2) is 79.7 Å². The summed E-state index contributed by atoms with van der Waals surface area (Å²) in [5, 5.41) is 4.28. The van der Waals surface area contributed by atoms with Gasteiger partial charge in [-0.25, -0.2) is 28.4 Å². The first-order chi connectivity index (χ1) is 22.8. The van der Waals surface area contributed by atoms with E-state index in [4.69, 9.17) is 19.7 Å². The van der Waals surface area contributed by atoms with Crippen LogP contribution in [-0.2, 0) is 20.3 Å². The number of aromatic nitrogens is 4. The van der Waals surface area contributed by atoms with Gasteiger partial charge in [-0.1, -0.05) is 50.2 Å². The molecule has 10 nitrogen and oxygen atoms in total. The van der Waals surface area contributed by atoms with E-state index in [1.54, 1.807) is 48.9 Å². The molecule has 4 heterocycles. The van der Waals surface area contributed by atoms with Crippen molar-refractivity contribution in [2.24, 2.45) is 0 Å². The molecule has 6 rings (SSSR count). The molecule has 1 aliphatic heterocycles. The van der Waals surface area contributed by atoms with Gasteiger partial charge in [0.05, 0.1) is 50.4 Å². The van der Waals surface area contributed by atoms with Gasteiger partial charge in [-0.2, -0.15) is 0 Å². The van der Waals surface area contributed by atoms with Crippen LogP contribution in [0.4, 0.5) is 17.5 Å². The lowest BCUT2D eigenvalue weighted by atomic mass is 10.1. The lowest BCUT2D eigenvalue weighted by Gasteiger charge is -2.35. The molecule has 0 saturated carbocycles. The first-order valence-corrected chi connectivity index (χ1v) is 18.2. The molecular formula is C35H39N7O3S2. The van der Waals surface area contributed by atoms with Gasteiger partial charge < -0.3 is 15.0 Å². The van der Waals surface area contributed by atoms with Crippen LogP contribution >= 0.6 is 11.3 Å². The molecule has 1 fully saturated rings. The molecule has 1 saturated heterocycles. The summed E-state index contributed by atoms with van der Waals surface area (Å²) in [6.45, 7) is 9.75. The van der Waals surface area contributed by atoms with Crippen LogP contribution in [0.2, 0.25) is 0 Å². The minimum atomic E-state index is -3.49. The molecule has 0 bridgehead atoms. The summed E-state index contributed by atoms with van der Waals surface area (Å²) >= 11 is 1.59. The van der Waals surface area contributed by atoms with E-state index in [2.05, 4.69) is 33.9 Å². The van der Waals surface area contributed by atoms with Crippen molar-refractivity contribution < 1.29 is 13.2 Å². The number of hydrogen-bond acceptors (Lipinski definition) is 11. The van der Waals surface area contributed by atoms with Crippen molar-refractivity contribution in [1.29, 1.82) is 0 Å². The summed E-state index contributed by atoms with van der Waals surface area (Å²) in [6, 6.07) is 22.1. The second kappa shape index (κ2) is 14.7. The summed E-state index contributed by atoms with van der Waals surface area (Å²) in [6.07, 6.45) is 3.55. The number of anilines is 3. The minimum Gasteiger partial charge on any atom is -0.383 e. The topological polar surface area (TPSA) is 113 Å². The highest BCUT2D eigenvalue weighted by molar-refractivity contribution is 7.90. The number of benzene rings is 2. The van der Waals surface area contributed by atoms with Gasteiger partial charge in [0, 0.05) is 57.5 Å². The van der Waals surface area contributed by atoms with E-state index in [-0.39, 0.29) is 11.7 Å². The number of methoxy groups -OCH3 is 1. The SMILES string of the molecule is COCCN1CCN(c2ccc(Nc3nccc(-c4sc(C(C)C)nc4-c4cccc(CS(=O)(=O)c5ccccc5)c4)n3)cn2)CC1. The molecule has 47 heavy (non-hydrogen) atoms. The molecule has 3 aromatic heterocycles. The fourth-order valence-electron chi connectivity index (χ4n) is 5.43. The zero-order valence-corrected chi connectivity index (χ0v) is 28.5. The Morgan fingerprint density at radius 2 is 1.74 bits per heavy atom. The highest BCUT2D eigenvalue weighted by atomic mass is 32.2. The highest BCUT2D eigenvalue weighted by Crippen LogP contribution is 2.39. The molecule has 5 aromatic rings. The van der Waals surface area contributed by atoms with E-state index >= 15 is 0 Å². The van der Waals surface area contributed by atoms with E-state index in [1.165, 1.54) is 0 Å². The molecule has 0 aliphatic carbocycles. The Balaban J connectivity index is 1.20. The molecule has 1 aliphatic rings. The van der Waals surface area contributed by atoms with Crippen molar-refractivity contribution >= 4 is 38.6 Å². The number of nitrogens with one attached hydrogen (secondary N) is 1. The summed E-state index contributed by atoms with van der Waals surface area (Å²) in [5.74, 6) is 1.52. The van der Waals surface area contributed by atoms with Gasteiger partial charge in [0.25, 0.3) is 0 Å². The van der Waals surface area contributed by atoms with Crippen LogP contribution < -0.4 is 10.2 Å². The molecule has 12 heteroatoms. The lowest BCUT2D eigenvalue weighted by Crippen LogP contribution is -2.47. The molecule has 0 spiro atoms. The van der Waals surface area contributed by atoms with Crippen molar-refractivity contribution in [3.8, 4) is 21.8 Å². The summed E-state index contributed by atoms with van der Waals surface area (Å²) < 4.78 is 31.4. The average molecular weight is 670 g/mol. The second-order valence-electron chi connectivity index (χ2n) is 11.8. The van der Waals surface area contributed by atoms with Gasteiger partial charge in [0.15, 0.2) is 9.84 Å². The Labute approximate surface area is 280 Å². The van der Waals surface area contributed by atoms with E-state index in [0.717, 1.165) is 77.7 Å². The smallest absolute Gasteiger partial charge is 0.227 e. The quantitative estimate of drug-likeness (QED) is 0.163. The number of ether oxygens (including phenoxy) is 1. The number of piperazine rings is 1. The molecule has 0 amide bonds. The number of rotatable bonds is 12. The Morgan fingerprint density at radius 3 is 2.47 bits per heavy atom. The Hall–Kier alpha value is -4.23. The van der Waals surface area contributed by atoms with Crippen molar-refractivity contribution in [2.45, 2.75) is 30.4 Å². The third-order valence-electron chi connectivity index (χ3n) is 8.00. The predicted molar refractivity (Wildman–Crippen MR) is 188 cm³/mol. The zero-order valence-electron chi connectivity index (χ0n) is 26.8. The summed E-state index contributed by atoms with van der Waals surface area (Å²) in [4.78, 5) is 25.0. The number of thiazole rings is 1. The Morgan fingerprint density at radius 1 is 0.936 bits per heavy atom. The van der Waals surface area contributed by atoms with Crippen LogP contribution in [0.1, 0.15) is 30.3 Å². The molecule has 1 N–H and O–H groups in total. The van der Waals surface area contributed by atoms with Crippen molar-refractivity contribution in [1.82, 2.24) is 24.8 Å². The van der Waals surface area contributed by atoms with E-state index < -0.39 is 9.84 Å². The van der Waals surface area contributed by atoms with Crippen molar-refractivity contribution in [2.75, 3.05) is 56.7 Å². The van der Waals surface area contributed by atoms with Crippen LogP contribution in [0.15, 0.2) is 90.1 Å². The Bertz CT molecular complexity index is 1890. The van der Waals surface area contributed by atoms with Crippen LogP contribution in [0.3, 0.4) is 0 Å². The van der Waals surface area contributed by atoms with E-state index in [0.29, 0.717) is 16.4 Å². The second-order valence-corrected chi connectivity index (χ2v) is 14.8. The largest absolute Gasteiger partial charge is 0.383 e. The average Bonchev–Trinajstić information content (AvgIpc) is 3.55. The fourth-order valence-corrected chi connectivity index (χ4v) is 7.85. The number of hydrogen-bond donors (Lipinski definition) is 1. The maximum Gasteiger partial charge on any atom is 0.227 e. The van der Waals surface area contributed by atoms with Gasteiger partial charge in [-0.15, -0.1) is 11.3 Å². The van der Waals surface area contributed by atoms with Crippen LogP contribution in [0, 0.1) is 0 Å². The number of nitrogens with zero attached hydrogens (tertiary/aromatic N) is 6. The van der Waals surface area contributed by atoms with E-state index in [9.17, 15) is 8.42 Å². The first-order valence-electron chi connectivity index (χ1n) is 15.7. The standard InChI is InChI=1S/C35H39N7O3S2/c1-25(2)34-40-32(27-9-7-8-26(22-27)24-47(43,44)29-10-5-4-6-11-29)33(46-34)30-14-15-36-35(39-30)38-28-12-13-31(37-23-28)42-18-16-41(17-19-42)20-21-45-3/h4-15,22-23,25H,16-21,24H2,1-3H3,(H,36,38,39). The molecule has 0 atom stereocenters. The van der Waals surface area contributed by atoms with Crippen molar-refractivity contribution in [3.63, 3.8) is 0 Å². The van der Waals surface area contributed by atoms with Crippen molar-refractivity contribution in [3.05, 3.63) is 95.8 Å². The molecule has 0 unspecified atom stereocenters. The fraction of sp³-hybridized carbons (Fsp3) is 0.314. The van der Waals surface area contributed by atoms with Crippen LogP contribution in [0.25, 0.3) is 21.8 Å². The lowest BCUT2D eigenvalue weighted by molar-refractivity contribution is 0.144.